The number of benzene rings is 1. The first kappa shape index (κ1) is 16.7. The molecule has 0 saturated heterocycles. The first-order valence-electron chi connectivity index (χ1n) is 6.45. The molecule has 0 spiro atoms. The highest BCUT2D eigenvalue weighted by Gasteiger charge is 2.27. The van der Waals surface area contributed by atoms with Crippen LogP contribution in [0.5, 0.6) is 0 Å². The van der Waals surface area contributed by atoms with E-state index in [1.165, 1.54) is 0 Å². The van der Waals surface area contributed by atoms with Gasteiger partial charge < -0.3 is 0 Å². The fourth-order valence-electron chi connectivity index (χ4n) is 1.83. The molecule has 3 nitrogen and oxygen atoms in total. The zero-order valence-electron chi connectivity index (χ0n) is 11.9. The normalized spacial score (nSPS) is 12.6. The molecule has 1 rings (SSSR count). The summed E-state index contributed by atoms with van der Waals surface area (Å²) in [4.78, 5) is 0.367. The largest absolute Gasteiger partial charge is 0.243 e. The molecule has 0 fully saturated rings. The minimum absolute atomic E-state index is 0.0387. The number of hydrogen-bond donors (Lipinski definition) is 0. The second-order valence-electron chi connectivity index (χ2n) is 5.34. The van der Waals surface area contributed by atoms with Crippen LogP contribution in [0.25, 0.3) is 0 Å². The average molecular weight is 348 g/mol. The molecule has 0 bridgehead atoms. The molecule has 0 saturated carbocycles. The fourth-order valence-corrected chi connectivity index (χ4v) is 4.01. The van der Waals surface area contributed by atoms with Crippen molar-refractivity contribution in [1.29, 1.82) is 0 Å². The summed E-state index contributed by atoms with van der Waals surface area (Å²) in [5.74, 6) is 0.305. The van der Waals surface area contributed by atoms with Crippen molar-refractivity contribution in [2.75, 3.05) is 6.54 Å². The molecule has 0 aromatic heterocycles. The molecule has 108 valence electrons. The molecule has 1 aromatic carbocycles. The van der Waals surface area contributed by atoms with Crippen LogP contribution in [0.2, 0.25) is 0 Å². The standard InChI is InChI=1S/C14H22BrNO2S/c1-11(2)10-16(12(3)4)19(17,18)14-7-5-13(9-15)6-8-14/h5-8,11-12H,9-10H2,1-4H3. The first-order valence-corrected chi connectivity index (χ1v) is 9.02. The van der Waals surface area contributed by atoms with E-state index in [4.69, 9.17) is 0 Å². The quantitative estimate of drug-likeness (QED) is 0.736. The SMILES string of the molecule is CC(C)CN(C(C)C)S(=O)(=O)c1ccc(CBr)cc1. The lowest BCUT2D eigenvalue weighted by Gasteiger charge is -2.27. The molecule has 0 radical (unpaired) electrons. The van der Waals surface area contributed by atoms with Crippen molar-refractivity contribution >= 4 is 26.0 Å². The minimum atomic E-state index is -3.40. The summed E-state index contributed by atoms with van der Waals surface area (Å²) in [5.41, 5.74) is 1.07. The molecule has 0 heterocycles. The van der Waals surface area contributed by atoms with Crippen LogP contribution in [-0.2, 0) is 15.4 Å². The van der Waals surface area contributed by atoms with Gasteiger partial charge in [-0.05, 0) is 37.5 Å². The molecular weight excluding hydrogens is 326 g/mol. The molecule has 0 aliphatic carbocycles. The lowest BCUT2D eigenvalue weighted by atomic mass is 10.2. The maximum Gasteiger partial charge on any atom is 0.243 e. The Morgan fingerprint density at radius 3 is 2.00 bits per heavy atom. The van der Waals surface area contributed by atoms with Crippen molar-refractivity contribution in [3.05, 3.63) is 29.8 Å². The monoisotopic (exact) mass is 347 g/mol. The summed E-state index contributed by atoms with van der Waals surface area (Å²) in [7, 11) is -3.40. The molecule has 0 aliphatic rings. The lowest BCUT2D eigenvalue weighted by Crippen LogP contribution is -2.39. The Hall–Kier alpha value is -0.390. The van der Waals surface area contributed by atoms with E-state index in [9.17, 15) is 8.42 Å². The van der Waals surface area contributed by atoms with Gasteiger partial charge in [-0.2, -0.15) is 4.31 Å². The highest BCUT2D eigenvalue weighted by molar-refractivity contribution is 9.08. The fraction of sp³-hybridized carbons (Fsp3) is 0.571. The Morgan fingerprint density at radius 2 is 1.63 bits per heavy atom. The zero-order chi connectivity index (χ0) is 14.6. The molecule has 19 heavy (non-hydrogen) atoms. The van der Waals surface area contributed by atoms with Gasteiger partial charge in [0.2, 0.25) is 10.0 Å². The van der Waals surface area contributed by atoms with Gasteiger partial charge >= 0.3 is 0 Å². The van der Waals surface area contributed by atoms with Gasteiger partial charge in [0, 0.05) is 17.9 Å². The van der Waals surface area contributed by atoms with E-state index in [2.05, 4.69) is 15.9 Å². The molecule has 5 heteroatoms. The topological polar surface area (TPSA) is 37.4 Å². The number of alkyl halides is 1. The van der Waals surface area contributed by atoms with E-state index in [1.807, 2.05) is 39.8 Å². The molecule has 0 aliphatic heterocycles. The van der Waals surface area contributed by atoms with Gasteiger partial charge in [0.1, 0.15) is 0 Å². The van der Waals surface area contributed by atoms with Crippen LogP contribution in [-0.4, -0.2) is 25.3 Å². The average Bonchev–Trinajstić information content (AvgIpc) is 2.35. The van der Waals surface area contributed by atoms with Crippen LogP contribution < -0.4 is 0 Å². The van der Waals surface area contributed by atoms with E-state index < -0.39 is 10.0 Å². The third kappa shape index (κ3) is 4.29. The van der Waals surface area contributed by atoms with Gasteiger partial charge in [0.15, 0.2) is 0 Å². The zero-order valence-corrected chi connectivity index (χ0v) is 14.3. The van der Waals surface area contributed by atoms with Crippen LogP contribution in [0.4, 0.5) is 0 Å². The third-order valence-electron chi connectivity index (χ3n) is 2.81. The van der Waals surface area contributed by atoms with Crippen LogP contribution in [0, 0.1) is 5.92 Å². The molecule has 0 unspecified atom stereocenters. The van der Waals surface area contributed by atoms with Crippen molar-refractivity contribution in [2.24, 2.45) is 5.92 Å². The Bertz CT molecular complexity index is 495. The Morgan fingerprint density at radius 1 is 1.11 bits per heavy atom. The number of hydrogen-bond acceptors (Lipinski definition) is 2. The predicted octanol–water partition coefficient (Wildman–Crippen LogP) is 3.64. The Labute approximate surface area is 125 Å². The smallest absolute Gasteiger partial charge is 0.207 e. The molecule has 0 N–H and O–H groups in total. The van der Waals surface area contributed by atoms with Gasteiger partial charge in [0.25, 0.3) is 0 Å². The number of sulfonamides is 1. The van der Waals surface area contributed by atoms with Gasteiger partial charge in [-0.25, -0.2) is 8.42 Å². The molecular formula is C14H22BrNO2S. The summed E-state index contributed by atoms with van der Waals surface area (Å²) in [5, 5.41) is 0.729. The minimum Gasteiger partial charge on any atom is -0.207 e. The third-order valence-corrected chi connectivity index (χ3v) is 5.51. The van der Waals surface area contributed by atoms with Gasteiger partial charge in [-0.1, -0.05) is 41.9 Å². The van der Waals surface area contributed by atoms with Crippen molar-refractivity contribution in [2.45, 2.75) is 44.0 Å². The molecule has 0 atom stereocenters. The highest BCUT2D eigenvalue weighted by Crippen LogP contribution is 2.20. The Kier molecular flexibility index (Phi) is 6.02. The molecule has 1 aromatic rings. The van der Waals surface area contributed by atoms with E-state index in [0.29, 0.717) is 17.4 Å². The number of rotatable bonds is 6. The summed E-state index contributed by atoms with van der Waals surface area (Å²) >= 11 is 3.36. The second kappa shape index (κ2) is 6.86. The summed E-state index contributed by atoms with van der Waals surface area (Å²) in [6.45, 7) is 8.41. The van der Waals surface area contributed by atoms with Crippen molar-refractivity contribution in [1.82, 2.24) is 4.31 Å². The predicted molar refractivity (Wildman–Crippen MR) is 82.9 cm³/mol. The van der Waals surface area contributed by atoms with Gasteiger partial charge in [0.05, 0.1) is 4.90 Å². The first-order chi connectivity index (χ1) is 8.78. The van der Waals surface area contributed by atoms with E-state index in [0.717, 1.165) is 10.9 Å². The van der Waals surface area contributed by atoms with Gasteiger partial charge in [-0.15, -0.1) is 0 Å². The lowest BCUT2D eigenvalue weighted by molar-refractivity contribution is 0.319. The number of nitrogens with zero attached hydrogens (tertiary/aromatic N) is 1. The van der Waals surface area contributed by atoms with E-state index in [-0.39, 0.29) is 6.04 Å². The van der Waals surface area contributed by atoms with Crippen LogP contribution in [0.3, 0.4) is 0 Å². The molecule has 0 amide bonds. The van der Waals surface area contributed by atoms with Crippen LogP contribution in [0.1, 0.15) is 33.3 Å². The van der Waals surface area contributed by atoms with Crippen molar-refractivity contribution in [3.63, 3.8) is 0 Å². The van der Waals surface area contributed by atoms with Gasteiger partial charge in [-0.3, -0.25) is 0 Å². The van der Waals surface area contributed by atoms with E-state index in [1.54, 1.807) is 16.4 Å². The Balaban J connectivity index is 3.11. The maximum atomic E-state index is 12.6. The van der Waals surface area contributed by atoms with Crippen molar-refractivity contribution in [3.8, 4) is 0 Å². The summed E-state index contributed by atoms with van der Waals surface area (Å²) < 4.78 is 26.8. The number of halogens is 1. The second-order valence-corrected chi connectivity index (χ2v) is 7.79. The summed E-state index contributed by atoms with van der Waals surface area (Å²) in [6, 6.07) is 7.01. The van der Waals surface area contributed by atoms with E-state index >= 15 is 0 Å². The van der Waals surface area contributed by atoms with Crippen molar-refractivity contribution < 1.29 is 8.42 Å². The maximum absolute atomic E-state index is 12.6. The van der Waals surface area contributed by atoms with Crippen LogP contribution >= 0.6 is 15.9 Å². The van der Waals surface area contributed by atoms with Crippen LogP contribution in [0.15, 0.2) is 29.2 Å². The summed E-state index contributed by atoms with van der Waals surface area (Å²) in [6.07, 6.45) is 0. The highest BCUT2D eigenvalue weighted by atomic mass is 79.9.